The van der Waals surface area contributed by atoms with Crippen LogP contribution >= 0.6 is 0 Å². The topological polar surface area (TPSA) is 132 Å². The van der Waals surface area contributed by atoms with Crippen molar-refractivity contribution in [3.8, 4) is 0 Å². The minimum Gasteiger partial charge on any atom is -0.481 e. The first kappa shape index (κ1) is 19.2. The highest BCUT2D eigenvalue weighted by Gasteiger charge is 2.14. The van der Waals surface area contributed by atoms with Crippen LogP contribution in [0, 0.1) is 6.92 Å². The van der Waals surface area contributed by atoms with Gasteiger partial charge in [-0.2, -0.15) is 0 Å². The molecule has 1 aliphatic heterocycles. The summed E-state index contributed by atoms with van der Waals surface area (Å²) >= 11 is 0. The second-order valence-corrected chi connectivity index (χ2v) is 6.06. The normalized spacial score (nSPS) is 14.0. The maximum absolute atomic E-state index is 12.3. The summed E-state index contributed by atoms with van der Waals surface area (Å²) in [4.78, 5) is 38.9. The molecular weight excluding hydrogens is 338 g/mol. The fraction of sp³-hybridized carbons (Fsp3) is 0.412. The van der Waals surface area contributed by atoms with Crippen LogP contribution < -0.4 is 21.3 Å². The van der Waals surface area contributed by atoms with Gasteiger partial charge in [0.15, 0.2) is 5.96 Å². The monoisotopic (exact) mass is 361 g/mol. The van der Waals surface area contributed by atoms with Gasteiger partial charge in [-0.1, -0.05) is 6.07 Å². The second-order valence-electron chi connectivity index (χ2n) is 6.06. The number of aliphatic carboxylic acids is 1. The van der Waals surface area contributed by atoms with E-state index < -0.39 is 23.8 Å². The van der Waals surface area contributed by atoms with Crippen molar-refractivity contribution < 1.29 is 19.5 Å². The number of carboxylic acid groups (broad SMARTS) is 1. The van der Waals surface area contributed by atoms with E-state index in [1.54, 1.807) is 19.1 Å². The SMILES string of the molecule is Cc1ccc(C(=O)NCC(=O)NC(C)CC(=O)O)cc1NC1=NCCN1. The zero-order valence-electron chi connectivity index (χ0n) is 14.8. The Morgan fingerprint density at radius 1 is 1.35 bits per heavy atom. The number of guanidine groups is 1. The summed E-state index contributed by atoms with van der Waals surface area (Å²) in [6.07, 6.45) is -0.176. The van der Waals surface area contributed by atoms with E-state index in [4.69, 9.17) is 5.11 Å². The zero-order valence-corrected chi connectivity index (χ0v) is 14.8. The quantitative estimate of drug-likeness (QED) is 0.467. The van der Waals surface area contributed by atoms with E-state index >= 15 is 0 Å². The van der Waals surface area contributed by atoms with Gasteiger partial charge in [-0.3, -0.25) is 19.4 Å². The standard InChI is InChI=1S/C17H23N5O4/c1-10-3-4-12(8-13(10)22-17-18-5-6-19-17)16(26)20-9-14(23)21-11(2)7-15(24)25/h3-4,8,11H,5-7,9H2,1-2H3,(H,20,26)(H,21,23)(H,24,25)(H2,18,19,22). The maximum Gasteiger partial charge on any atom is 0.305 e. The van der Waals surface area contributed by atoms with E-state index in [0.29, 0.717) is 18.1 Å². The number of carbonyl (C=O) groups is 3. The van der Waals surface area contributed by atoms with Gasteiger partial charge in [-0.25, -0.2) is 0 Å². The molecule has 1 unspecified atom stereocenters. The van der Waals surface area contributed by atoms with Crippen molar-refractivity contribution in [2.24, 2.45) is 4.99 Å². The molecule has 0 spiro atoms. The molecule has 0 aromatic heterocycles. The Hall–Kier alpha value is -3.10. The molecule has 0 saturated heterocycles. The van der Waals surface area contributed by atoms with Crippen molar-refractivity contribution in [1.29, 1.82) is 0 Å². The Bertz CT molecular complexity index is 732. The summed E-state index contributed by atoms with van der Waals surface area (Å²) in [6, 6.07) is 4.66. The second kappa shape index (κ2) is 8.84. The van der Waals surface area contributed by atoms with Crippen LogP contribution in [0.1, 0.15) is 29.3 Å². The molecule has 1 aromatic rings. The molecule has 5 N–H and O–H groups in total. The minimum atomic E-state index is -0.997. The molecule has 0 radical (unpaired) electrons. The molecule has 1 aromatic carbocycles. The van der Waals surface area contributed by atoms with Crippen LogP contribution in [-0.2, 0) is 9.59 Å². The molecule has 1 aliphatic rings. The number of amides is 2. The van der Waals surface area contributed by atoms with Gasteiger partial charge in [0.2, 0.25) is 5.91 Å². The molecule has 0 bridgehead atoms. The highest BCUT2D eigenvalue weighted by atomic mass is 16.4. The number of anilines is 1. The fourth-order valence-electron chi connectivity index (χ4n) is 2.41. The summed E-state index contributed by atoms with van der Waals surface area (Å²) in [7, 11) is 0. The van der Waals surface area contributed by atoms with E-state index in [1.165, 1.54) is 0 Å². The smallest absolute Gasteiger partial charge is 0.305 e. The van der Waals surface area contributed by atoms with Gasteiger partial charge < -0.3 is 26.4 Å². The number of nitrogens with one attached hydrogen (secondary N) is 4. The summed E-state index contributed by atoms with van der Waals surface area (Å²) in [5.74, 6) is -1.17. The lowest BCUT2D eigenvalue weighted by Crippen LogP contribution is -2.41. The van der Waals surface area contributed by atoms with Crippen LogP contribution in [-0.4, -0.2) is 54.5 Å². The molecule has 0 saturated carbocycles. The first-order chi connectivity index (χ1) is 12.3. The molecule has 2 amide bonds. The average Bonchev–Trinajstić information content (AvgIpc) is 3.07. The van der Waals surface area contributed by atoms with Crippen LogP contribution in [0.15, 0.2) is 23.2 Å². The van der Waals surface area contributed by atoms with Crippen LogP contribution in [0.3, 0.4) is 0 Å². The van der Waals surface area contributed by atoms with Crippen LogP contribution in [0.5, 0.6) is 0 Å². The Balaban J connectivity index is 1.90. The van der Waals surface area contributed by atoms with Gasteiger partial charge in [-0.05, 0) is 31.5 Å². The Morgan fingerprint density at radius 2 is 2.12 bits per heavy atom. The number of hydrogen-bond donors (Lipinski definition) is 5. The number of carboxylic acids is 1. The summed E-state index contributed by atoms with van der Waals surface area (Å²) in [5, 5.41) is 19.9. The van der Waals surface area contributed by atoms with E-state index in [9.17, 15) is 14.4 Å². The van der Waals surface area contributed by atoms with E-state index in [0.717, 1.165) is 17.8 Å². The van der Waals surface area contributed by atoms with E-state index in [2.05, 4.69) is 26.3 Å². The lowest BCUT2D eigenvalue weighted by atomic mass is 10.1. The third kappa shape index (κ3) is 5.76. The van der Waals surface area contributed by atoms with Gasteiger partial charge in [-0.15, -0.1) is 0 Å². The molecule has 26 heavy (non-hydrogen) atoms. The molecule has 1 atom stereocenters. The first-order valence-electron chi connectivity index (χ1n) is 8.30. The van der Waals surface area contributed by atoms with Crippen molar-refractivity contribution in [1.82, 2.24) is 16.0 Å². The minimum absolute atomic E-state index is 0.176. The van der Waals surface area contributed by atoms with Gasteiger partial charge in [0.1, 0.15) is 0 Å². The van der Waals surface area contributed by atoms with Crippen molar-refractivity contribution >= 4 is 29.4 Å². The Kier molecular flexibility index (Phi) is 6.54. The summed E-state index contributed by atoms with van der Waals surface area (Å²) in [5.41, 5.74) is 2.12. The van der Waals surface area contributed by atoms with E-state index in [-0.39, 0.29) is 13.0 Å². The first-order valence-corrected chi connectivity index (χ1v) is 8.30. The van der Waals surface area contributed by atoms with Gasteiger partial charge >= 0.3 is 5.97 Å². The number of aryl methyl sites for hydroxylation is 1. The highest BCUT2D eigenvalue weighted by Crippen LogP contribution is 2.17. The molecule has 0 fully saturated rings. The highest BCUT2D eigenvalue weighted by molar-refractivity contribution is 6.00. The van der Waals surface area contributed by atoms with Gasteiger partial charge in [0, 0.05) is 23.8 Å². The molecular formula is C17H23N5O4. The number of aliphatic imine (C=N–C) groups is 1. The third-order valence-electron chi connectivity index (χ3n) is 3.72. The van der Waals surface area contributed by atoms with Crippen LogP contribution in [0.2, 0.25) is 0 Å². The number of nitrogens with zero attached hydrogens (tertiary/aromatic N) is 1. The molecule has 9 heteroatoms. The molecule has 140 valence electrons. The van der Waals surface area contributed by atoms with Gasteiger partial charge in [0.05, 0.1) is 19.5 Å². The maximum atomic E-state index is 12.3. The van der Waals surface area contributed by atoms with Crippen LogP contribution in [0.25, 0.3) is 0 Å². The molecule has 1 heterocycles. The number of benzene rings is 1. The number of carbonyl (C=O) groups excluding carboxylic acids is 2. The number of hydrogen-bond acceptors (Lipinski definition) is 6. The Morgan fingerprint density at radius 3 is 2.77 bits per heavy atom. The molecule has 9 nitrogen and oxygen atoms in total. The largest absolute Gasteiger partial charge is 0.481 e. The molecule has 2 rings (SSSR count). The molecule has 0 aliphatic carbocycles. The average molecular weight is 361 g/mol. The van der Waals surface area contributed by atoms with Crippen molar-refractivity contribution in [3.63, 3.8) is 0 Å². The number of rotatable bonds is 7. The Labute approximate surface area is 151 Å². The lowest BCUT2D eigenvalue weighted by molar-refractivity contribution is -0.137. The summed E-state index contributed by atoms with van der Waals surface area (Å²) in [6.45, 7) is 4.75. The van der Waals surface area contributed by atoms with Crippen molar-refractivity contribution in [3.05, 3.63) is 29.3 Å². The van der Waals surface area contributed by atoms with E-state index in [1.807, 2.05) is 13.0 Å². The predicted octanol–water partition coefficient (Wildman–Crippen LogP) is 0.0753. The summed E-state index contributed by atoms with van der Waals surface area (Å²) < 4.78 is 0. The van der Waals surface area contributed by atoms with Crippen molar-refractivity contribution in [2.75, 3.05) is 25.0 Å². The zero-order chi connectivity index (χ0) is 19.1. The van der Waals surface area contributed by atoms with Crippen molar-refractivity contribution in [2.45, 2.75) is 26.3 Å². The van der Waals surface area contributed by atoms with Crippen LogP contribution in [0.4, 0.5) is 5.69 Å². The third-order valence-corrected chi connectivity index (χ3v) is 3.72. The van der Waals surface area contributed by atoms with Gasteiger partial charge in [0.25, 0.3) is 5.91 Å². The fourth-order valence-corrected chi connectivity index (χ4v) is 2.41. The lowest BCUT2D eigenvalue weighted by Gasteiger charge is -2.13. The predicted molar refractivity (Wildman–Crippen MR) is 97.3 cm³/mol.